The molecule has 2 aromatic rings. The van der Waals surface area contributed by atoms with E-state index in [0.29, 0.717) is 22.9 Å². The van der Waals surface area contributed by atoms with Crippen LogP contribution >= 0.6 is 11.6 Å². The van der Waals surface area contributed by atoms with Crippen LogP contribution < -0.4 is 10.6 Å². The van der Waals surface area contributed by atoms with E-state index in [9.17, 15) is 4.79 Å². The maximum absolute atomic E-state index is 12.0. The minimum absolute atomic E-state index is 0.184. The summed E-state index contributed by atoms with van der Waals surface area (Å²) in [6, 6.07) is 1.62. The van der Waals surface area contributed by atoms with Gasteiger partial charge in [0, 0.05) is 32.5 Å². The number of pyridine rings is 1. The second-order valence-corrected chi connectivity index (χ2v) is 5.02. The number of amides is 1. The topological polar surface area (TPSA) is 71.8 Å². The van der Waals surface area contributed by atoms with Crippen LogP contribution in [-0.2, 0) is 13.5 Å². The molecule has 2 aromatic heterocycles. The molecule has 0 saturated carbocycles. The van der Waals surface area contributed by atoms with Crippen LogP contribution in [0.15, 0.2) is 24.7 Å². The van der Waals surface area contributed by atoms with Gasteiger partial charge in [0.25, 0.3) is 5.91 Å². The molecule has 0 unspecified atom stereocenters. The largest absolute Gasteiger partial charge is 0.369 e. The first-order chi connectivity index (χ1) is 10.1. The van der Waals surface area contributed by atoms with Crippen molar-refractivity contribution in [1.29, 1.82) is 0 Å². The van der Waals surface area contributed by atoms with Crippen LogP contribution in [0.5, 0.6) is 0 Å². The predicted molar refractivity (Wildman–Crippen MR) is 82.7 cm³/mol. The van der Waals surface area contributed by atoms with Crippen LogP contribution in [0.25, 0.3) is 0 Å². The van der Waals surface area contributed by atoms with Crippen LogP contribution in [0.2, 0.25) is 5.02 Å². The fourth-order valence-electron chi connectivity index (χ4n) is 1.88. The normalized spacial score (nSPS) is 10.4. The molecular formula is C14H18ClN5O. The molecule has 2 rings (SSSR count). The summed E-state index contributed by atoms with van der Waals surface area (Å²) in [7, 11) is 1.86. The number of hydrogen-bond donors (Lipinski definition) is 2. The number of halogens is 1. The molecule has 7 heteroatoms. The highest BCUT2D eigenvalue weighted by molar-refractivity contribution is 6.33. The number of anilines is 1. The Morgan fingerprint density at radius 3 is 2.86 bits per heavy atom. The van der Waals surface area contributed by atoms with Gasteiger partial charge in [0.2, 0.25) is 0 Å². The van der Waals surface area contributed by atoms with Crippen molar-refractivity contribution in [2.75, 3.05) is 18.4 Å². The molecule has 0 saturated heterocycles. The quantitative estimate of drug-likeness (QED) is 0.854. The molecule has 0 spiro atoms. The van der Waals surface area contributed by atoms with E-state index in [1.807, 2.05) is 20.2 Å². The fourth-order valence-corrected chi connectivity index (χ4v) is 2.12. The zero-order valence-corrected chi connectivity index (χ0v) is 12.8. The Kier molecular flexibility index (Phi) is 5.16. The summed E-state index contributed by atoms with van der Waals surface area (Å²) in [5.41, 5.74) is 1.53. The molecule has 6 nitrogen and oxygen atoms in total. The highest BCUT2D eigenvalue weighted by Gasteiger charge is 2.09. The van der Waals surface area contributed by atoms with Gasteiger partial charge in [0.1, 0.15) is 5.82 Å². The van der Waals surface area contributed by atoms with Crippen molar-refractivity contribution in [1.82, 2.24) is 20.1 Å². The van der Waals surface area contributed by atoms with Crippen molar-refractivity contribution in [3.63, 3.8) is 0 Å². The Labute approximate surface area is 128 Å². The SMILES string of the molecule is CCNc1ncc(C(=O)NCCc2cnn(C)c2)cc1Cl. The number of nitrogens with one attached hydrogen (secondary N) is 2. The van der Waals surface area contributed by atoms with Gasteiger partial charge in [-0.2, -0.15) is 5.10 Å². The summed E-state index contributed by atoms with van der Waals surface area (Å²) in [4.78, 5) is 16.2. The Morgan fingerprint density at radius 1 is 1.43 bits per heavy atom. The summed E-state index contributed by atoms with van der Waals surface area (Å²) in [6.45, 7) is 3.22. The first kappa shape index (κ1) is 15.3. The van der Waals surface area contributed by atoms with Crippen LogP contribution in [0.4, 0.5) is 5.82 Å². The van der Waals surface area contributed by atoms with Crippen molar-refractivity contribution >= 4 is 23.3 Å². The maximum Gasteiger partial charge on any atom is 0.252 e. The van der Waals surface area contributed by atoms with Crippen LogP contribution in [0.3, 0.4) is 0 Å². The summed E-state index contributed by atoms with van der Waals surface area (Å²) < 4.78 is 1.74. The molecule has 0 atom stereocenters. The lowest BCUT2D eigenvalue weighted by Gasteiger charge is -2.07. The first-order valence-corrected chi connectivity index (χ1v) is 7.13. The van der Waals surface area contributed by atoms with E-state index in [-0.39, 0.29) is 5.91 Å². The third-order valence-corrected chi connectivity index (χ3v) is 3.19. The molecule has 0 radical (unpaired) electrons. The van der Waals surface area contributed by atoms with Crippen molar-refractivity contribution in [2.24, 2.45) is 7.05 Å². The van der Waals surface area contributed by atoms with Gasteiger partial charge < -0.3 is 10.6 Å². The van der Waals surface area contributed by atoms with Gasteiger partial charge in [0.05, 0.1) is 16.8 Å². The number of rotatable bonds is 6. The Balaban J connectivity index is 1.89. The molecule has 0 aliphatic carbocycles. The summed E-state index contributed by atoms with van der Waals surface area (Å²) in [5.74, 6) is 0.405. The van der Waals surface area contributed by atoms with E-state index in [4.69, 9.17) is 11.6 Å². The average Bonchev–Trinajstić information content (AvgIpc) is 2.87. The van der Waals surface area contributed by atoms with E-state index >= 15 is 0 Å². The minimum atomic E-state index is -0.184. The van der Waals surface area contributed by atoms with Gasteiger partial charge in [-0.25, -0.2) is 4.98 Å². The zero-order chi connectivity index (χ0) is 15.2. The van der Waals surface area contributed by atoms with Crippen molar-refractivity contribution in [2.45, 2.75) is 13.3 Å². The summed E-state index contributed by atoms with van der Waals surface area (Å²) >= 11 is 6.07. The lowest BCUT2D eigenvalue weighted by molar-refractivity contribution is 0.0954. The molecule has 0 fully saturated rings. The number of nitrogens with zero attached hydrogens (tertiary/aromatic N) is 3. The van der Waals surface area contributed by atoms with Gasteiger partial charge in [-0.1, -0.05) is 11.6 Å². The average molecular weight is 308 g/mol. The number of carbonyl (C=O) groups is 1. The number of carbonyl (C=O) groups excluding carboxylic acids is 1. The standard InChI is InChI=1S/C14H18ClN5O/c1-3-16-13-12(15)6-11(8-18-13)14(21)17-5-4-10-7-19-20(2)9-10/h6-9H,3-5H2,1-2H3,(H,16,18)(H,17,21). The van der Waals surface area contributed by atoms with Gasteiger partial charge >= 0.3 is 0 Å². The van der Waals surface area contributed by atoms with Crippen molar-refractivity contribution < 1.29 is 4.79 Å². The van der Waals surface area contributed by atoms with Crippen molar-refractivity contribution in [3.8, 4) is 0 Å². The van der Waals surface area contributed by atoms with E-state index < -0.39 is 0 Å². The fraction of sp³-hybridized carbons (Fsp3) is 0.357. The zero-order valence-electron chi connectivity index (χ0n) is 12.1. The molecule has 112 valence electrons. The second-order valence-electron chi connectivity index (χ2n) is 4.61. The van der Waals surface area contributed by atoms with E-state index in [1.165, 1.54) is 6.20 Å². The van der Waals surface area contributed by atoms with Gasteiger partial charge in [0.15, 0.2) is 0 Å². The van der Waals surface area contributed by atoms with Gasteiger partial charge in [-0.05, 0) is 25.0 Å². The third-order valence-electron chi connectivity index (χ3n) is 2.91. The molecule has 2 heterocycles. The number of aryl methyl sites for hydroxylation is 1. The highest BCUT2D eigenvalue weighted by atomic mass is 35.5. The van der Waals surface area contributed by atoms with E-state index in [2.05, 4.69) is 20.7 Å². The van der Waals surface area contributed by atoms with Crippen LogP contribution in [0, 0.1) is 0 Å². The smallest absolute Gasteiger partial charge is 0.252 e. The minimum Gasteiger partial charge on any atom is -0.369 e. The lowest BCUT2D eigenvalue weighted by Crippen LogP contribution is -2.25. The highest BCUT2D eigenvalue weighted by Crippen LogP contribution is 2.19. The monoisotopic (exact) mass is 307 g/mol. The molecule has 0 aromatic carbocycles. The van der Waals surface area contributed by atoms with E-state index in [0.717, 1.165) is 18.5 Å². The Morgan fingerprint density at radius 2 is 2.24 bits per heavy atom. The second kappa shape index (κ2) is 7.08. The van der Waals surface area contributed by atoms with Crippen molar-refractivity contribution in [3.05, 3.63) is 40.8 Å². The van der Waals surface area contributed by atoms with Gasteiger partial charge in [-0.15, -0.1) is 0 Å². The maximum atomic E-state index is 12.0. The molecule has 0 bridgehead atoms. The Bertz CT molecular complexity index is 626. The third kappa shape index (κ3) is 4.19. The summed E-state index contributed by atoms with van der Waals surface area (Å²) in [5, 5.41) is 10.4. The molecule has 0 aliphatic heterocycles. The molecule has 2 N–H and O–H groups in total. The molecular weight excluding hydrogens is 290 g/mol. The lowest BCUT2D eigenvalue weighted by atomic mass is 10.2. The molecule has 1 amide bonds. The summed E-state index contributed by atoms with van der Waals surface area (Å²) in [6.07, 6.45) is 5.96. The Hall–Kier alpha value is -2.08. The molecule has 21 heavy (non-hydrogen) atoms. The van der Waals surface area contributed by atoms with Crippen LogP contribution in [0.1, 0.15) is 22.8 Å². The number of hydrogen-bond acceptors (Lipinski definition) is 4. The first-order valence-electron chi connectivity index (χ1n) is 6.75. The van der Waals surface area contributed by atoms with Gasteiger partial charge in [-0.3, -0.25) is 9.48 Å². The van der Waals surface area contributed by atoms with E-state index in [1.54, 1.807) is 16.9 Å². The van der Waals surface area contributed by atoms with Crippen LogP contribution in [-0.4, -0.2) is 33.8 Å². The molecule has 0 aliphatic rings. The predicted octanol–water partition coefficient (Wildman–Crippen LogP) is 1.87. The number of aromatic nitrogens is 3.